The fourth-order valence-corrected chi connectivity index (χ4v) is 5.79. The number of aromatic nitrogens is 3. The molecule has 0 aliphatic carbocycles. The van der Waals surface area contributed by atoms with E-state index in [-0.39, 0.29) is 30.2 Å². The quantitative estimate of drug-likeness (QED) is 0.301. The summed E-state index contributed by atoms with van der Waals surface area (Å²) in [5, 5.41) is 20.3. The first-order valence-electron chi connectivity index (χ1n) is 12.4. The number of nitrogens with one attached hydrogen (secondary N) is 1. The molecule has 2 aromatic carbocycles. The van der Waals surface area contributed by atoms with Crippen LogP contribution in [0.3, 0.4) is 0 Å². The molecule has 0 unspecified atom stereocenters. The fourth-order valence-electron chi connectivity index (χ4n) is 4.28. The summed E-state index contributed by atoms with van der Waals surface area (Å²) in [6, 6.07) is 19.1. The van der Waals surface area contributed by atoms with Crippen molar-refractivity contribution < 1.29 is 14.3 Å². The van der Waals surface area contributed by atoms with Gasteiger partial charge in [-0.15, -0.1) is 21.5 Å². The third-order valence-electron chi connectivity index (χ3n) is 6.44. The molecule has 2 amide bonds. The molecule has 0 saturated heterocycles. The van der Waals surface area contributed by atoms with Crippen molar-refractivity contribution >= 4 is 40.6 Å². The number of hydrogen-bond acceptors (Lipinski definition) is 8. The zero-order valence-corrected chi connectivity index (χ0v) is 23.5. The Morgan fingerprint density at radius 2 is 1.90 bits per heavy atom. The third kappa shape index (κ3) is 5.89. The van der Waals surface area contributed by atoms with Crippen LogP contribution in [-0.2, 0) is 18.4 Å². The average molecular weight is 561 g/mol. The van der Waals surface area contributed by atoms with Gasteiger partial charge in [-0.2, -0.15) is 5.10 Å². The number of carbonyl (C=O) groups excluding carboxylic acids is 2. The van der Waals surface area contributed by atoms with E-state index in [0.29, 0.717) is 28.7 Å². The molecule has 1 atom stereocenters. The topological polar surface area (TPSA) is 102 Å². The van der Waals surface area contributed by atoms with E-state index in [4.69, 9.17) is 9.84 Å². The Morgan fingerprint density at radius 3 is 2.64 bits per heavy atom. The number of hydrogen-bond donors (Lipinski definition) is 1. The lowest BCUT2D eigenvalue weighted by Crippen LogP contribution is -2.28. The van der Waals surface area contributed by atoms with Crippen LogP contribution < -0.4 is 10.1 Å². The van der Waals surface area contributed by atoms with Gasteiger partial charge >= 0.3 is 0 Å². The van der Waals surface area contributed by atoms with Crippen molar-refractivity contribution in [2.75, 3.05) is 12.9 Å². The lowest BCUT2D eigenvalue weighted by Gasteiger charge is -2.22. The van der Waals surface area contributed by atoms with Crippen molar-refractivity contribution in [3.8, 4) is 5.75 Å². The highest BCUT2D eigenvalue weighted by Gasteiger charge is 2.33. The van der Waals surface area contributed by atoms with Gasteiger partial charge in [0.25, 0.3) is 11.8 Å². The molecule has 0 fully saturated rings. The molecular formula is C28H28N6O3S2. The number of carbonyl (C=O) groups is 2. The van der Waals surface area contributed by atoms with E-state index in [1.165, 1.54) is 24.4 Å². The number of hydrazone groups is 1. The summed E-state index contributed by atoms with van der Waals surface area (Å²) < 4.78 is 7.05. The molecular weight excluding hydrogens is 532 g/mol. The van der Waals surface area contributed by atoms with Crippen LogP contribution in [0.2, 0.25) is 0 Å². The highest BCUT2D eigenvalue weighted by atomic mass is 32.2. The smallest absolute Gasteiger partial charge is 0.255 e. The lowest BCUT2D eigenvalue weighted by atomic mass is 10.00. The normalized spacial score (nSPS) is 14.8. The average Bonchev–Trinajstić information content (AvgIpc) is 3.71. The molecule has 0 saturated carbocycles. The number of rotatable bonds is 9. The van der Waals surface area contributed by atoms with Crippen molar-refractivity contribution in [1.82, 2.24) is 25.1 Å². The molecule has 4 aromatic rings. The number of benzene rings is 2. The van der Waals surface area contributed by atoms with Crippen LogP contribution in [0.5, 0.6) is 5.75 Å². The van der Waals surface area contributed by atoms with Gasteiger partial charge in [-0.1, -0.05) is 59.8 Å². The molecule has 0 spiro atoms. The van der Waals surface area contributed by atoms with Gasteiger partial charge in [-0.25, -0.2) is 5.01 Å². The molecule has 1 N–H and O–H groups in total. The van der Waals surface area contributed by atoms with Crippen molar-refractivity contribution in [1.29, 1.82) is 0 Å². The summed E-state index contributed by atoms with van der Waals surface area (Å²) in [7, 11) is 3.34. The van der Waals surface area contributed by atoms with E-state index in [9.17, 15) is 9.59 Å². The molecule has 1 aliphatic heterocycles. The van der Waals surface area contributed by atoms with Crippen molar-refractivity contribution in [3.05, 3.63) is 93.4 Å². The molecule has 1 aliphatic rings. The van der Waals surface area contributed by atoms with E-state index >= 15 is 0 Å². The summed E-state index contributed by atoms with van der Waals surface area (Å²) in [4.78, 5) is 27.1. The molecule has 3 heterocycles. The molecule has 9 nitrogen and oxygen atoms in total. The van der Waals surface area contributed by atoms with Gasteiger partial charge in [0.1, 0.15) is 5.75 Å². The summed E-state index contributed by atoms with van der Waals surface area (Å²) in [6.45, 7) is 2.23. The van der Waals surface area contributed by atoms with E-state index in [1.54, 1.807) is 39.1 Å². The first-order chi connectivity index (χ1) is 18.9. The Bertz CT molecular complexity index is 1500. The third-order valence-corrected chi connectivity index (χ3v) is 8.37. The molecule has 39 heavy (non-hydrogen) atoms. The van der Waals surface area contributed by atoms with Gasteiger partial charge in [0.05, 0.1) is 41.6 Å². The van der Waals surface area contributed by atoms with Gasteiger partial charge in [-0.05, 0) is 36.1 Å². The second-order valence-corrected chi connectivity index (χ2v) is 10.9. The Hall–Kier alpha value is -3.96. The Balaban J connectivity index is 1.25. The first kappa shape index (κ1) is 26.6. The van der Waals surface area contributed by atoms with Gasteiger partial charge < -0.3 is 14.6 Å². The van der Waals surface area contributed by atoms with E-state index in [1.807, 2.05) is 37.6 Å². The monoisotopic (exact) mass is 560 g/mol. The summed E-state index contributed by atoms with van der Waals surface area (Å²) >= 11 is 2.92. The van der Waals surface area contributed by atoms with Crippen LogP contribution in [0.4, 0.5) is 0 Å². The summed E-state index contributed by atoms with van der Waals surface area (Å²) in [5.74, 6) is 0.855. The Kier molecular flexibility index (Phi) is 8.08. The Morgan fingerprint density at radius 1 is 1.10 bits per heavy atom. The van der Waals surface area contributed by atoms with Crippen LogP contribution in [0.1, 0.15) is 44.6 Å². The predicted molar refractivity (Wildman–Crippen MR) is 152 cm³/mol. The van der Waals surface area contributed by atoms with Crippen LogP contribution in [0.15, 0.2) is 76.3 Å². The van der Waals surface area contributed by atoms with Gasteiger partial charge in [0, 0.05) is 13.5 Å². The minimum Gasteiger partial charge on any atom is -0.496 e. The van der Waals surface area contributed by atoms with Gasteiger partial charge in [-0.3, -0.25) is 9.59 Å². The van der Waals surface area contributed by atoms with Crippen LogP contribution in [0, 0.1) is 6.92 Å². The van der Waals surface area contributed by atoms with Crippen molar-refractivity contribution in [2.24, 2.45) is 12.1 Å². The molecule has 200 valence electrons. The number of methoxy groups -OCH3 is 1. The Labute approximate surface area is 234 Å². The largest absolute Gasteiger partial charge is 0.496 e. The molecule has 11 heteroatoms. The zero-order valence-electron chi connectivity index (χ0n) is 21.8. The zero-order chi connectivity index (χ0) is 27.4. The number of thioether (sulfide) groups is 1. The standard InChI is InChI=1S/C28H28N6O3S2/c1-18-10-12-19(13-11-18)22-15-21(24-9-6-14-38-24)32-34(22)26(35)17-39-28-31-30-25(33(28)2)16-29-27(36)20-7-4-5-8-23(20)37-3/h4-14,22H,15-17H2,1-3H3,(H,29,36)/t22-/m0/s1. The number of amides is 2. The lowest BCUT2D eigenvalue weighted by molar-refractivity contribution is -0.130. The first-order valence-corrected chi connectivity index (χ1v) is 14.2. The fraction of sp³-hybridized carbons (Fsp3) is 0.250. The van der Waals surface area contributed by atoms with Crippen molar-refractivity contribution in [2.45, 2.75) is 31.1 Å². The van der Waals surface area contributed by atoms with E-state index < -0.39 is 0 Å². The summed E-state index contributed by atoms with van der Waals surface area (Å²) in [5.41, 5.74) is 3.59. The minimum absolute atomic E-state index is 0.105. The van der Waals surface area contributed by atoms with Crippen LogP contribution in [0.25, 0.3) is 0 Å². The SMILES string of the molecule is COc1ccccc1C(=O)NCc1nnc(SCC(=O)N2N=C(c3cccs3)C[C@H]2c2ccc(C)cc2)n1C. The van der Waals surface area contributed by atoms with Gasteiger partial charge in [0.2, 0.25) is 0 Å². The van der Waals surface area contributed by atoms with E-state index in [2.05, 4.69) is 39.8 Å². The highest BCUT2D eigenvalue weighted by Crippen LogP contribution is 2.34. The van der Waals surface area contributed by atoms with E-state index in [0.717, 1.165) is 16.2 Å². The maximum Gasteiger partial charge on any atom is 0.255 e. The molecule has 0 radical (unpaired) electrons. The number of thiophene rings is 1. The second kappa shape index (κ2) is 11.8. The second-order valence-electron chi connectivity index (χ2n) is 9.02. The van der Waals surface area contributed by atoms with Crippen LogP contribution in [-0.4, -0.2) is 50.2 Å². The number of nitrogens with zero attached hydrogens (tertiary/aromatic N) is 5. The van der Waals surface area contributed by atoms with Gasteiger partial charge in [0.15, 0.2) is 11.0 Å². The number of aryl methyl sites for hydroxylation is 1. The van der Waals surface area contributed by atoms with Crippen LogP contribution >= 0.6 is 23.1 Å². The predicted octanol–water partition coefficient (Wildman–Crippen LogP) is 4.59. The number of para-hydroxylation sites is 1. The molecule has 5 rings (SSSR count). The molecule has 0 bridgehead atoms. The molecule has 2 aromatic heterocycles. The highest BCUT2D eigenvalue weighted by molar-refractivity contribution is 7.99. The maximum absolute atomic E-state index is 13.4. The minimum atomic E-state index is -0.268. The summed E-state index contributed by atoms with van der Waals surface area (Å²) in [6.07, 6.45) is 0.667. The maximum atomic E-state index is 13.4. The van der Waals surface area contributed by atoms with Crippen molar-refractivity contribution in [3.63, 3.8) is 0 Å². The number of ether oxygens (including phenoxy) is 1.